The number of allylic oxidation sites excluding steroid dienone is 1. The van der Waals surface area contributed by atoms with Gasteiger partial charge in [0.15, 0.2) is 11.6 Å². The van der Waals surface area contributed by atoms with Gasteiger partial charge in [-0.2, -0.15) is 0 Å². The standard InChI is InChI=1S/C23H15NO5/c25-22-19-3-1-2-4-20(19)23(26)21(22)13-15-7-11-18(12-8-15)29-14-16-5-9-17(10-6-16)24(27)28/h1-13H,14H2. The summed E-state index contributed by atoms with van der Waals surface area (Å²) in [5.41, 5.74) is 2.59. The number of ketones is 2. The van der Waals surface area contributed by atoms with E-state index in [0.717, 1.165) is 11.1 Å². The number of hydrogen-bond donors (Lipinski definition) is 0. The second-order valence-corrected chi connectivity index (χ2v) is 6.54. The van der Waals surface area contributed by atoms with Crippen molar-refractivity contribution < 1.29 is 19.2 Å². The first-order valence-corrected chi connectivity index (χ1v) is 8.89. The molecule has 29 heavy (non-hydrogen) atoms. The van der Waals surface area contributed by atoms with E-state index >= 15 is 0 Å². The Hall–Kier alpha value is -4.06. The van der Waals surface area contributed by atoms with Crippen molar-refractivity contribution in [1.29, 1.82) is 0 Å². The van der Waals surface area contributed by atoms with Gasteiger partial charge in [-0.1, -0.05) is 36.4 Å². The van der Waals surface area contributed by atoms with Crippen molar-refractivity contribution in [1.82, 2.24) is 0 Å². The molecule has 0 amide bonds. The second kappa shape index (κ2) is 7.52. The van der Waals surface area contributed by atoms with Gasteiger partial charge in [0.2, 0.25) is 0 Å². The molecule has 0 fully saturated rings. The Morgan fingerprint density at radius 2 is 1.41 bits per heavy atom. The molecule has 0 bridgehead atoms. The molecular weight excluding hydrogens is 370 g/mol. The maximum Gasteiger partial charge on any atom is 0.269 e. The highest BCUT2D eigenvalue weighted by Crippen LogP contribution is 2.28. The maximum absolute atomic E-state index is 12.4. The summed E-state index contributed by atoms with van der Waals surface area (Å²) in [5, 5.41) is 10.7. The summed E-state index contributed by atoms with van der Waals surface area (Å²) >= 11 is 0. The first-order valence-electron chi connectivity index (χ1n) is 8.89. The lowest BCUT2D eigenvalue weighted by Crippen LogP contribution is -2.00. The quantitative estimate of drug-likeness (QED) is 0.276. The maximum atomic E-state index is 12.4. The fourth-order valence-corrected chi connectivity index (χ4v) is 3.11. The number of hydrogen-bond acceptors (Lipinski definition) is 5. The van der Waals surface area contributed by atoms with E-state index in [1.807, 2.05) is 0 Å². The Morgan fingerprint density at radius 3 is 1.97 bits per heavy atom. The number of ether oxygens (including phenoxy) is 1. The molecule has 0 spiro atoms. The molecule has 0 aliphatic heterocycles. The Labute approximate surface area is 166 Å². The summed E-state index contributed by atoms with van der Waals surface area (Å²) in [4.78, 5) is 35.1. The molecule has 0 saturated carbocycles. The molecule has 6 nitrogen and oxygen atoms in total. The molecule has 0 unspecified atom stereocenters. The molecule has 0 aromatic heterocycles. The third-order valence-electron chi connectivity index (χ3n) is 4.65. The Kier molecular flexibility index (Phi) is 4.75. The zero-order valence-electron chi connectivity index (χ0n) is 15.2. The molecule has 142 valence electrons. The van der Waals surface area contributed by atoms with Crippen LogP contribution >= 0.6 is 0 Å². The SMILES string of the molecule is O=C1C(=Cc2ccc(OCc3ccc([N+](=O)[O-])cc3)cc2)C(=O)c2ccccc21. The minimum atomic E-state index is -0.448. The van der Waals surface area contributed by atoms with Crippen LogP contribution in [0.15, 0.2) is 78.4 Å². The van der Waals surface area contributed by atoms with E-state index in [-0.39, 0.29) is 29.4 Å². The van der Waals surface area contributed by atoms with Crippen molar-refractivity contribution in [3.63, 3.8) is 0 Å². The summed E-state index contributed by atoms with van der Waals surface area (Å²) in [6.07, 6.45) is 1.59. The summed E-state index contributed by atoms with van der Waals surface area (Å²) in [7, 11) is 0. The van der Waals surface area contributed by atoms with Gasteiger partial charge in [-0.3, -0.25) is 19.7 Å². The van der Waals surface area contributed by atoms with Crippen LogP contribution in [0.4, 0.5) is 5.69 Å². The first kappa shape index (κ1) is 18.3. The summed E-state index contributed by atoms with van der Waals surface area (Å²) < 4.78 is 5.69. The fourth-order valence-electron chi connectivity index (χ4n) is 3.11. The normalized spacial score (nSPS) is 12.6. The number of rotatable bonds is 5. The average molecular weight is 385 g/mol. The van der Waals surface area contributed by atoms with Gasteiger partial charge in [0.25, 0.3) is 5.69 Å². The van der Waals surface area contributed by atoms with Gasteiger partial charge in [0.05, 0.1) is 10.5 Å². The zero-order chi connectivity index (χ0) is 20.4. The molecule has 1 aliphatic rings. The van der Waals surface area contributed by atoms with Gasteiger partial charge in [-0.25, -0.2) is 0 Å². The molecule has 0 atom stereocenters. The third-order valence-corrected chi connectivity index (χ3v) is 4.65. The second-order valence-electron chi connectivity index (χ2n) is 6.54. The predicted molar refractivity (Wildman–Crippen MR) is 107 cm³/mol. The molecule has 0 radical (unpaired) electrons. The van der Waals surface area contributed by atoms with E-state index in [1.54, 1.807) is 66.7 Å². The van der Waals surface area contributed by atoms with E-state index in [0.29, 0.717) is 16.9 Å². The van der Waals surface area contributed by atoms with Gasteiger partial charge in [-0.15, -0.1) is 0 Å². The first-order chi connectivity index (χ1) is 14.0. The van der Waals surface area contributed by atoms with Crippen LogP contribution in [-0.2, 0) is 6.61 Å². The Bertz CT molecular complexity index is 1110. The minimum Gasteiger partial charge on any atom is -0.489 e. The zero-order valence-corrected chi connectivity index (χ0v) is 15.2. The number of nitro benzene ring substituents is 1. The van der Waals surface area contributed by atoms with Crippen LogP contribution in [0.25, 0.3) is 6.08 Å². The van der Waals surface area contributed by atoms with Crippen LogP contribution in [0.1, 0.15) is 31.8 Å². The number of nitrogens with zero attached hydrogens (tertiary/aromatic N) is 1. The molecule has 0 saturated heterocycles. The largest absolute Gasteiger partial charge is 0.489 e. The number of carbonyl (C=O) groups excluding carboxylic acids is 2. The van der Waals surface area contributed by atoms with Crippen molar-refractivity contribution in [3.05, 3.63) is 111 Å². The lowest BCUT2D eigenvalue weighted by molar-refractivity contribution is -0.384. The van der Waals surface area contributed by atoms with Gasteiger partial charge in [-0.05, 0) is 41.5 Å². The summed E-state index contributed by atoms with van der Waals surface area (Å²) in [6, 6.07) is 20.0. The fraction of sp³-hybridized carbons (Fsp3) is 0.0435. The van der Waals surface area contributed by atoms with Gasteiger partial charge in [0.1, 0.15) is 12.4 Å². The molecule has 0 N–H and O–H groups in total. The smallest absolute Gasteiger partial charge is 0.269 e. The number of fused-ring (bicyclic) bond motifs is 1. The molecular formula is C23H15NO5. The third kappa shape index (κ3) is 3.68. The number of benzene rings is 3. The van der Waals surface area contributed by atoms with Crippen LogP contribution in [0, 0.1) is 10.1 Å². The molecule has 3 aromatic carbocycles. The van der Waals surface area contributed by atoms with Crippen molar-refractivity contribution in [2.24, 2.45) is 0 Å². The lowest BCUT2D eigenvalue weighted by atomic mass is 10.1. The Balaban J connectivity index is 1.45. The monoisotopic (exact) mass is 385 g/mol. The van der Waals surface area contributed by atoms with Crippen molar-refractivity contribution in [3.8, 4) is 5.75 Å². The van der Waals surface area contributed by atoms with Crippen LogP contribution in [0.3, 0.4) is 0 Å². The van der Waals surface area contributed by atoms with Gasteiger partial charge in [0, 0.05) is 23.3 Å². The summed E-state index contributed by atoms with van der Waals surface area (Å²) in [5.74, 6) is 0.0889. The van der Waals surface area contributed by atoms with Gasteiger partial charge >= 0.3 is 0 Å². The molecule has 4 rings (SSSR count). The molecule has 3 aromatic rings. The number of non-ortho nitro benzene ring substituents is 1. The van der Waals surface area contributed by atoms with E-state index < -0.39 is 4.92 Å². The minimum absolute atomic E-state index is 0.0318. The van der Waals surface area contributed by atoms with E-state index in [4.69, 9.17) is 4.74 Å². The average Bonchev–Trinajstić information content (AvgIpc) is 2.98. The highest BCUT2D eigenvalue weighted by Gasteiger charge is 2.32. The van der Waals surface area contributed by atoms with Crippen molar-refractivity contribution in [2.45, 2.75) is 6.61 Å². The molecule has 1 aliphatic carbocycles. The van der Waals surface area contributed by atoms with Crippen LogP contribution < -0.4 is 4.74 Å². The van der Waals surface area contributed by atoms with Crippen LogP contribution in [0.2, 0.25) is 0 Å². The summed E-state index contributed by atoms with van der Waals surface area (Å²) in [6.45, 7) is 0.269. The van der Waals surface area contributed by atoms with Crippen LogP contribution in [-0.4, -0.2) is 16.5 Å². The number of carbonyl (C=O) groups is 2. The van der Waals surface area contributed by atoms with E-state index in [9.17, 15) is 19.7 Å². The highest BCUT2D eigenvalue weighted by molar-refractivity contribution is 6.41. The van der Waals surface area contributed by atoms with Gasteiger partial charge < -0.3 is 4.74 Å². The number of Topliss-reactive ketones (excluding diaryl/α,β-unsaturated/α-hetero) is 2. The number of nitro groups is 1. The lowest BCUT2D eigenvalue weighted by Gasteiger charge is -2.06. The van der Waals surface area contributed by atoms with Crippen molar-refractivity contribution in [2.75, 3.05) is 0 Å². The van der Waals surface area contributed by atoms with E-state index in [1.165, 1.54) is 12.1 Å². The van der Waals surface area contributed by atoms with Crippen LogP contribution in [0.5, 0.6) is 5.75 Å². The highest BCUT2D eigenvalue weighted by atomic mass is 16.6. The molecule has 0 heterocycles. The topological polar surface area (TPSA) is 86.5 Å². The van der Waals surface area contributed by atoms with E-state index in [2.05, 4.69) is 0 Å². The van der Waals surface area contributed by atoms with Crippen molar-refractivity contribution >= 4 is 23.3 Å². The molecule has 6 heteroatoms. The predicted octanol–water partition coefficient (Wildman–Crippen LogP) is 4.64. The Morgan fingerprint density at radius 1 is 0.828 bits per heavy atom.